The van der Waals surface area contributed by atoms with Gasteiger partial charge in [-0.2, -0.15) is 0 Å². The third-order valence-electron chi connectivity index (χ3n) is 1.89. The minimum Gasteiger partial charge on any atom is -0.314 e. The van der Waals surface area contributed by atoms with Crippen molar-refractivity contribution in [3.05, 3.63) is 0 Å². The van der Waals surface area contributed by atoms with Crippen molar-refractivity contribution in [2.45, 2.75) is 25.8 Å². The van der Waals surface area contributed by atoms with Gasteiger partial charge >= 0.3 is 0 Å². The quantitative estimate of drug-likeness (QED) is 0.522. The molecule has 0 aromatic rings. The summed E-state index contributed by atoms with van der Waals surface area (Å²) in [5, 5.41) is 3.25. The molecular weight excluding hydrogens is 114 g/mol. The highest BCUT2D eigenvalue weighted by atomic mass is 16.1. The molecule has 0 saturated carbocycles. The zero-order valence-electron chi connectivity index (χ0n) is 5.76. The lowest BCUT2D eigenvalue weighted by Crippen LogP contribution is -2.37. The zero-order valence-corrected chi connectivity index (χ0v) is 5.76. The second kappa shape index (κ2) is 2.97. The zero-order chi connectivity index (χ0) is 6.69. The lowest BCUT2D eigenvalue weighted by atomic mass is 9.97. The maximum absolute atomic E-state index is 10.2. The molecule has 0 aromatic heterocycles. The third-order valence-corrected chi connectivity index (χ3v) is 1.89. The Morgan fingerprint density at radius 1 is 1.56 bits per heavy atom. The van der Waals surface area contributed by atoms with Crippen molar-refractivity contribution in [1.29, 1.82) is 0 Å². The van der Waals surface area contributed by atoms with E-state index in [1.807, 2.05) is 0 Å². The first-order chi connectivity index (χ1) is 4.33. The summed E-state index contributed by atoms with van der Waals surface area (Å²) >= 11 is 0. The fraction of sp³-hybridized carbons (Fsp3) is 0.857. The van der Waals surface area contributed by atoms with Gasteiger partial charge in [0, 0.05) is 18.5 Å². The average Bonchev–Trinajstić information content (AvgIpc) is 1.90. The Hall–Kier alpha value is -0.370. The van der Waals surface area contributed by atoms with Gasteiger partial charge in [-0.05, 0) is 19.8 Å². The normalized spacial score (nSPS) is 36.1. The molecule has 0 bridgehead atoms. The van der Waals surface area contributed by atoms with Gasteiger partial charge in [-0.3, -0.25) is 0 Å². The largest absolute Gasteiger partial charge is 0.314 e. The van der Waals surface area contributed by atoms with Crippen molar-refractivity contribution in [1.82, 2.24) is 5.32 Å². The number of piperidine rings is 1. The van der Waals surface area contributed by atoms with Crippen LogP contribution in [0.15, 0.2) is 0 Å². The van der Waals surface area contributed by atoms with Crippen LogP contribution < -0.4 is 5.32 Å². The van der Waals surface area contributed by atoms with Crippen LogP contribution in [-0.4, -0.2) is 18.9 Å². The molecule has 2 atom stereocenters. The number of aldehydes is 1. The Balaban J connectivity index is 2.26. The van der Waals surface area contributed by atoms with Crippen LogP contribution in [0.5, 0.6) is 0 Å². The van der Waals surface area contributed by atoms with E-state index in [1.165, 1.54) is 0 Å². The van der Waals surface area contributed by atoms with Crippen LogP contribution in [0.25, 0.3) is 0 Å². The van der Waals surface area contributed by atoms with Gasteiger partial charge in [-0.15, -0.1) is 0 Å². The maximum Gasteiger partial charge on any atom is 0.124 e. The molecule has 0 aromatic carbocycles. The van der Waals surface area contributed by atoms with Crippen molar-refractivity contribution in [2.75, 3.05) is 6.54 Å². The van der Waals surface area contributed by atoms with E-state index < -0.39 is 0 Å². The highest BCUT2D eigenvalue weighted by molar-refractivity contribution is 5.53. The molecule has 0 radical (unpaired) electrons. The van der Waals surface area contributed by atoms with E-state index in [4.69, 9.17) is 0 Å². The predicted octanol–water partition coefficient (Wildman–Crippen LogP) is 0.573. The molecular formula is C7H13NO. The lowest BCUT2D eigenvalue weighted by Gasteiger charge is -2.23. The number of hydrogen-bond donors (Lipinski definition) is 1. The summed E-state index contributed by atoms with van der Waals surface area (Å²) in [6.45, 7) is 3.03. The van der Waals surface area contributed by atoms with Crippen molar-refractivity contribution in [2.24, 2.45) is 5.92 Å². The molecule has 1 saturated heterocycles. The standard InChI is InChI=1S/C7H13NO/c1-6-2-3-7(5-9)4-8-6/h5-8H,2-4H2,1H3/t6-,7-/m0/s1. The monoisotopic (exact) mass is 127 g/mol. The lowest BCUT2D eigenvalue weighted by molar-refractivity contribution is -0.111. The minimum absolute atomic E-state index is 0.279. The summed E-state index contributed by atoms with van der Waals surface area (Å²) in [6.07, 6.45) is 3.26. The Labute approximate surface area is 55.6 Å². The highest BCUT2D eigenvalue weighted by Crippen LogP contribution is 2.10. The molecule has 2 heteroatoms. The van der Waals surface area contributed by atoms with Gasteiger partial charge in [-0.1, -0.05) is 0 Å². The third kappa shape index (κ3) is 1.79. The number of carbonyl (C=O) groups is 1. The summed E-state index contributed by atoms with van der Waals surface area (Å²) in [5.41, 5.74) is 0. The number of nitrogens with one attached hydrogen (secondary N) is 1. The van der Waals surface area contributed by atoms with Crippen LogP contribution in [0.1, 0.15) is 19.8 Å². The molecule has 0 amide bonds. The molecule has 1 fully saturated rings. The van der Waals surface area contributed by atoms with E-state index in [0.717, 1.165) is 25.7 Å². The molecule has 1 N–H and O–H groups in total. The van der Waals surface area contributed by atoms with Crippen molar-refractivity contribution < 1.29 is 4.79 Å². The van der Waals surface area contributed by atoms with Crippen LogP contribution >= 0.6 is 0 Å². The molecule has 0 spiro atoms. The Morgan fingerprint density at radius 2 is 2.33 bits per heavy atom. The van der Waals surface area contributed by atoms with Crippen LogP contribution in [0.2, 0.25) is 0 Å². The Morgan fingerprint density at radius 3 is 2.78 bits per heavy atom. The van der Waals surface area contributed by atoms with E-state index in [0.29, 0.717) is 6.04 Å². The van der Waals surface area contributed by atoms with Gasteiger partial charge < -0.3 is 10.1 Å². The van der Waals surface area contributed by atoms with E-state index in [9.17, 15) is 4.79 Å². The summed E-state index contributed by atoms with van der Waals surface area (Å²) in [7, 11) is 0. The van der Waals surface area contributed by atoms with Crippen molar-refractivity contribution >= 4 is 6.29 Å². The fourth-order valence-corrected chi connectivity index (χ4v) is 1.14. The summed E-state index contributed by atoms with van der Waals surface area (Å²) in [4.78, 5) is 10.2. The minimum atomic E-state index is 0.279. The van der Waals surface area contributed by atoms with Gasteiger partial charge in [0.05, 0.1) is 0 Å². The average molecular weight is 127 g/mol. The van der Waals surface area contributed by atoms with Gasteiger partial charge in [-0.25, -0.2) is 0 Å². The van der Waals surface area contributed by atoms with E-state index in [2.05, 4.69) is 12.2 Å². The molecule has 2 nitrogen and oxygen atoms in total. The molecule has 52 valence electrons. The van der Waals surface area contributed by atoms with Crippen LogP contribution in [0.4, 0.5) is 0 Å². The summed E-state index contributed by atoms with van der Waals surface area (Å²) in [5.74, 6) is 0.279. The first-order valence-corrected chi connectivity index (χ1v) is 3.51. The predicted molar refractivity (Wildman–Crippen MR) is 36.3 cm³/mol. The van der Waals surface area contributed by atoms with Crippen LogP contribution in [0.3, 0.4) is 0 Å². The number of hydrogen-bond acceptors (Lipinski definition) is 2. The molecule has 1 aliphatic rings. The maximum atomic E-state index is 10.2. The van der Waals surface area contributed by atoms with Crippen LogP contribution in [-0.2, 0) is 4.79 Å². The first kappa shape index (κ1) is 6.75. The van der Waals surface area contributed by atoms with Gasteiger partial charge in [0.25, 0.3) is 0 Å². The molecule has 9 heavy (non-hydrogen) atoms. The SMILES string of the molecule is C[C@H]1CC[C@H](C=O)CN1. The van der Waals surface area contributed by atoms with Gasteiger partial charge in [0.15, 0.2) is 0 Å². The smallest absolute Gasteiger partial charge is 0.124 e. The fourth-order valence-electron chi connectivity index (χ4n) is 1.14. The molecule has 1 heterocycles. The molecule has 1 aliphatic heterocycles. The van der Waals surface area contributed by atoms with Gasteiger partial charge in [0.1, 0.15) is 6.29 Å². The van der Waals surface area contributed by atoms with E-state index in [-0.39, 0.29) is 5.92 Å². The Kier molecular flexibility index (Phi) is 2.22. The second-order valence-electron chi connectivity index (χ2n) is 2.78. The topological polar surface area (TPSA) is 29.1 Å². The van der Waals surface area contributed by atoms with Crippen molar-refractivity contribution in [3.8, 4) is 0 Å². The van der Waals surface area contributed by atoms with Crippen molar-refractivity contribution in [3.63, 3.8) is 0 Å². The first-order valence-electron chi connectivity index (χ1n) is 3.51. The van der Waals surface area contributed by atoms with Gasteiger partial charge in [0.2, 0.25) is 0 Å². The Bertz CT molecular complexity index is 95.1. The number of carbonyl (C=O) groups excluding carboxylic acids is 1. The van der Waals surface area contributed by atoms with E-state index >= 15 is 0 Å². The van der Waals surface area contributed by atoms with E-state index in [1.54, 1.807) is 0 Å². The highest BCUT2D eigenvalue weighted by Gasteiger charge is 2.15. The molecule has 0 aliphatic carbocycles. The molecule has 0 unspecified atom stereocenters. The second-order valence-corrected chi connectivity index (χ2v) is 2.78. The number of rotatable bonds is 1. The summed E-state index contributed by atoms with van der Waals surface area (Å²) in [6, 6.07) is 0.612. The summed E-state index contributed by atoms with van der Waals surface area (Å²) < 4.78 is 0. The van der Waals surface area contributed by atoms with Crippen LogP contribution in [0, 0.1) is 5.92 Å². The molecule has 1 rings (SSSR count).